The number of carbonyl (C=O) groups excluding carboxylic acids is 1. The maximum absolute atomic E-state index is 12.4. The van der Waals surface area contributed by atoms with Gasteiger partial charge in [0.05, 0.1) is 30.6 Å². The third-order valence-corrected chi connectivity index (χ3v) is 4.69. The minimum atomic E-state index is -0.594. The molecule has 0 saturated carbocycles. The Morgan fingerprint density at radius 3 is 2.24 bits per heavy atom. The first-order valence-corrected chi connectivity index (χ1v) is 8.26. The summed E-state index contributed by atoms with van der Waals surface area (Å²) in [5.74, 6) is 0.581. The van der Waals surface area contributed by atoms with Gasteiger partial charge in [0.25, 0.3) is 5.69 Å². The zero-order valence-corrected chi connectivity index (χ0v) is 15.3. The van der Waals surface area contributed by atoms with E-state index in [1.165, 1.54) is 20.3 Å². The standard InChI is InChI=1S/C17H27N3O5/c1-5-17(6-2,11-18)16(21)19-8-7-12-9-14(24-3)15(25-4)10-13(12)20(22)23/h9-10H,5-8,11,18H2,1-4H3,(H,19,21). The molecule has 1 aromatic carbocycles. The predicted molar refractivity (Wildman–Crippen MR) is 95.0 cm³/mol. The first kappa shape index (κ1) is 20.7. The molecule has 0 unspecified atom stereocenters. The minimum Gasteiger partial charge on any atom is -0.493 e. The van der Waals surface area contributed by atoms with Gasteiger partial charge in [0.15, 0.2) is 11.5 Å². The van der Waals surface area contributed by atoms with Crippen LogP contribution in [0.15, 0.2) is 12.1 Å². The summed E-state index contributed by atoms with van der Waals surface area (Å²) in [6.07, 6.45) is 1.58. The Hall–Kier alpha value is -2.35. The van der Waals surface area contributed by atoms with E-state index in [9.17, 15) is 14.9 Å². The fraction of sp³-hybridized carbons (Fsp3) is 0.588. The zero-order chi connectivity index (χ0) is 19.0. The molecule has 3 N–H and O–H groups in total. The molecule has 8 heteroatoms. The number of nitro benzene ring substituents is 1. The summed E-state index contributed by atoms with van der Waals surface area (Å²) >= 11 is 0. The number of amides is 1. The lowest BCUT2D eigenvalue weighted by molar-refractivity contribution is -0.385. The van der Waals surface area contributed by atoms with Crippen LogP contribution >= 0.6 is 0 Å². The van der Waals surface area contributed by atoms with Gasteiger partial charge in [-0.2, -0.15) is 0 Å². The molecule has 1 aromatic rings. The van der Waals surface area contributed by atoms with E-state index in [0.717, 1.165) is 0 Å². The molecule has 1 amide bonds. The number of nitrogens with two attached hydrogens (primary N) is 1. The first-order chi connectivity index (χ1) is 11.9. The van der Waals surface area contributed by atoms with Gasteiger partial charge in [-0.3, -0.25) is 14.9 Å². The van der Waals surface area contributed by atoms with Crippen molar-refractivity contribution in [1.29, 1.82) is 0 Å². The van der Waals surface area contributed by atoms with Crippen LogP contribution in [-0.2, 0) is 11.2 Å². The van der Waals surface area contributed by atoms with Crippen molar-refractivity contribution in [3.8, 4) is 11.5 Å². The second-order valence-corrected chi connectivity index (χ2v) is 5.79. The lowest BCUT2D eigenvalue weighted by Gasteiger charge is -2.28. The summed E-state index contributed by atoms with van der Waals surface area (Å²) < 4.78 is 10.3. The lowest BCUT2D eigenvalue weighted by atomic mass is 9.81. The summed E-state index contributed by atoms with van der Waals surface area (Å²) in [4.78, 5) is 23.2. The highest BCUT2D eigenvalue weighted by Crippen LogP contribution is 2.34. The molecule has 0 radical (unpaired) electrons. The number of nitrogens with zero attached hydrogens (tertiary/aromatic N) is 1. The molecule has 0 spiro atoms. The first-order valence-electron chi connectivity index (χ1n) is 8.26. The quantitative estimate of drug-likeness (QED) is 0.491. The van der Waals surface area contributed by atoms with Crippen LogP contribution in [0.2, 0.25) is 0 Å². The van der Waals surface area contributed by atoms with Crippen molar-refractivity contribution >= 4 is 11.6 Å². The Morgan fingerprint density at radius 1 is 1.24 bits per heavy atom. The number of hydrogen-bond donors (Lipinski definition) is 2. The lowest BCUT2D eigenvalue weighted by Crippen LogP contribution is -2.45. The summed E-state index contributed by atoms with van der Waals surface area (Å²) in [6, 6.07) is 2.90. The topological polar surface area (TPSA) is 117 Å². The Morgan fingerprint density at radius 2 is 1.80 bits per heavy atom. The molecular formula is C17H27N3O5. The molecule has 0 aliphatic carbocycles. The monoisotopic (exact) mass is 353 g/mol. The predicted octanol–water partition coefficient (Wildman–Crippen LogP) is 2.04. The van der Waals surface area contributed by atoms with Crippen molar-refractivity contribution in [1.82, 2.24) is 5.32 Å². The van der Waals surface area contributed by atoms with Crippen LogP contribution in [0.25, 0.3) is 0 Å². The Balaban J connectivity index is 2.93. The number of benzene rings is 1. The van der Waals surface area contributed by atoms with E-state index in [1.54, 1.807) is 6.07 Å². The fourth-order valence-electron chi connectivity index (χ4n) is 2.73. The highest BCUT2D eigenvalue weighted by molar-refractivity contribution is 5.82. The van der Waals surface area contributed by atoms with Gasteiger partial charge in [-0.1, -0.05) is 13.8 Å². The fourth-order valence-corrected chi connectivity index (χ4v) is 2.73. The normalized spacial score (nSPS) is 11.1. The molecule has 8 nitrogen and oxygen atoms in total. The van der Waals surface area contributed by atoms with E-state index in [-0.39, 0.29) is 24.7 Å². The highest BCUT2D eigenvalue weighted by atomic mass is 16.6. The smallest absolute Gasteiger partial charge is 0.276 e. The number of ether oxygens (including phenoxy) is 2. The Bertz CT molecular complexity index is 606. The SMILES string of the molecule is CCC(CC)(CN)C(=O)NCCc1cc(OC)c(OC)cc1[N+](=O)[O-]. The van der Waals surface area contributed by atoms with Crippen LogP contribution < -0.4 is 20.5 Å². The molecule has 0 aliphatic heterocycles. The number of nitrogens with one attached hydrogen (secondary N) is 1. The van der Waals surface area contributed by atoms with Gasteiger partial charge in [-0.25, -0.2) is 0 Å². The number of nitro groups is 1. The van der Waals surface area contributed by atoms with Crippen molar-refractivity contribution in [3.63, 3.8) is 0 Å². The van der Waals surface area contributed by atoms with Gasteiger partial charge in [0.1, 0.15) is 0 Å². The molecule has 1 rings (SSSR count). The zero-order valence-electron chi connectivity index (χ0n) is 15.3. The Labute approximate surface area is 147 Å². The third kappa shape index (κ3) is 4.60. The van der Waals surface area contributed by atoms with E-state index in [0.29, 0.717) is 36.3 Å². The summed E-state index contributed by atoms with van der Waals surface area (Å²) in [6.45, 7) is 4.39. The molecule has 140 valence electrons. The number of hydrogen-bond acceptors (Lipinski definition) is 6. The van der Waals surface area contributed by atoms with Gasteiger partial charge in [0, 0.05) is 18.7 Å². The van der Waals surface area contributed by atoms with Crippen LogP contribution in [-0.4, -0.2) is 38.1 Å². The van der Waals surface area contributed by atoms with Crippen molar-refractivity contribution in [2.45, 2.75) is 33.1 Å². The maximum Gasteiger partial charge on any atom is 0.276 e. The summed E-state index contributed by atoms with van der Waals surface area (Å²) in [5, 5.41) is 14.1. The van der Waals surface area contributed by atoms with Crippen LogP contribution in [0, 0.1) is 15.5 Å². The molecule has 0 atom stereocenters. The van der Waals surface area contributed by atoms with Gasteiger partial charge in [-0.05, 0) is 25.3 Å². The van der Waals surface area contributed by atoms with Gasteiger partial charge in [0.2, 0.25) is 5.91 Å². The second-order valence-electron chi connectivity index (χ2n) is 5.79. The number of carbonyl (C=O) groups is 1. The number of methoxy groups -OCH3 is 2. The van der Waals surface area contributed by atoms with Crippen molar-refractivity contribution in [2.75, 3.05) is 27.3 Å². The Kier molecular flexibility index (Phi) is 7.63. The third-order valence-electron chi connectivity index (χ3n) is 4.69. The molecule has 0 aromatic heterocycles. The molecule has 0 saturated heterocycles. The van der Waals surface area contributed by atoms with Gasteiger partial charge < -0.3 is 20.5 Å². The van der Waals surface area contributed by atoms with Crippen molar-refractivity contribution in [3.05, 3.63) is 27.8 Å². The molecule has 0 aliphatic rings. The van der Waals surface area contributed by atoms with Crippen LogP contribution in [0.4, 0.5) is 5.69 Å². The maximum atomic E-state index is 12.4. The van der Waals surface area contributed by atoms with Gasteiger partial charge in [-0.15, -0.1) is 0 Å². The average Bonchev–Trinajstić information content (AvgIpc) is 2.62. The van der Waals surface area contributed by atoms with E-state index < -0.39 is 10.3 Å². The highest BCUT2D eigenvalue weighted by Gasteiger charge is 2.33. The minimum absolute atomic E-state index is 0.0667. The largest absolute Gasteiger partial charge is 0.493 e. The van der Waals surface area contributed by atoms with Crippen LogP contribution in [0.3, 0.4) is 0 Å². The molecule has 25 heavy (non-hydrogen) atoms. The molecule has 0 heterocycles. The molecular weight excluding hydrogens is 326 g/mol. The molecule has 0 bridgehead atoms. The van der Waals surface area contributed by atoms with Crippen molar-refractivity contribution in [2.24, 2.45) is 11.1 Å². The number of rotatable bonds is 10. The van der Waals surface area contributed by atoms with E-state index in [1.807, 2.05) is 13.8 Å². The average molecular weight is 353 g/mol. The summed E-state index contributed by atoms with van der Waals surface area (Å²) in [7, 11) is 2.89. The second kappa shape index (κ2) is 9.22. The van der Waals surface area contributed by atoms with Crippen LogP contribution in [0.1, 0.15) is 32.3 Å². The summed E-state index contributed by atoms with van der Waals surface area (Å²) in [5.41, 5.74) is 5.57. The van der Waals surface area contributed by atoms with Crippen LogP contribution in [0.5, 0.6) is 11.5 Å². The van der Waals surface area contributed by atoms with Crippen molar-refractivity contribution < 1.29 is 19.2 Å². The van der Waals surface area contributed by atoms with Gasteiger partial charge >= 0.3 is 0 Å². The molecule has 0 fully saturated rings. The van der Waals surface area contributed by atoms with E-state index in [2.05, 4.69) is 5.32 Å². The van der Waals surface area contributed by atoms with E-state index in [4.69, 9.17) is 15.2 Å². The van der Waals surface area contributed by atoms with E-state index >= 15 is 0 Å².